The fourth-order valence-corrected chi connectivity index (χ4v) is 5.11. The minimum atomic E-state index is -0.320. The molecule has 1 aliphatic rings. The molecule has 0 bridgehead atoms. The van der Waals surface area contributed by atoms with E-state index in [9.17, 15) is 9.59 Å². The van der Waals surface area contributed by atoms with E-state index in [-0.39, 0.29) is 17.3 Å². The second-order valence-corrected chi connectivity index (χ2v) is 9.49. The highest BCUT2D eigenvalue weighted by molar-refractivity contribution is 5.75. The number of aromatic nitrogens is 6. The Hall–Kier alpha value is -3.46. The highest BCUT2D eigenvalue weighted by Gasteiger charge is 2.29. The van der Waals surface area contributed by atoms with Crippen LogP contribution < -0.4 is 16.6 Å². The fraction of sp³-hybridized carbons (Fsp3) is 0.462. The number of benzene rings is 1. The van der Waals surface area contributed by atoms with Gasteiger partial charge in [-0.2, -0.15) is 5.10 Å². The normalized spacial score (nSPS) is 16.8. The Morgan fingerprint density at radius 3 is 2.51 bits per heavy atom. The summed E-state index contributed by atoms with van der Waals surface area (Å²) in [6.45, 7) is 8.90. The molecular weight excluding hydrogens is 442 g/mol. The van der Waals surface area contributed by atoms with E-state index in [2.05, 4.69) is 41.5 Å². The van der Waals surface area contributed by atoms with E-state index >= 15 is 0 Å². The third-order valence-corrected chi connectivity index (χ3v) is 6.88. The summed E-state index contributed by atoms with van der Waals surface area (Å²) in [5.41, 5.74) is 3.40. The van der Waals surface area contributed by atoms with Gasteiger partial charge in [0.1, 0.15) is 11.3 Å². The Morgan fingerprint density at radius 1 is 1.09 bits per heavy atom. The van der Waals surface area contributed by atoms with Crippen LogP contribution in [-0.4, -0.2) is 42.0 Å². The van der Waals surface area contributed by atoms with E-state index in [1.54, 1.807) is 10.8 Å². The summed E-state index contributed by atoms with van der Waals surface area (Å²) in [7, 11) is 0. The van der Waals surface area contributed by atoms with E-state index in [1.807, 2.05) is 24.7 Å². The number of hydrogen-bond donors (Lipinski definition) is 2. The Labute approximate surface area is 203 Å². The van der Waals surface area contributed by atoms with Gasteiger partial charge in [-0.25, -0.2) is 9.78 Å². The van der Waals surface area contributed by atoms with Gasteiger partial charge < -0.3 is 10.3 Å². The van der Waals surface area contributed by atoms with Crippen molar-refractivity contribution in [3.8, 4) is 11.4 Å². The Kier molecular flexibility index (Phi) is 6.42. The molecule has 4 aromatic rings. The van der Waals surface area contributed by atoms with Gasteiger partial charge in [0.05, 0.1) is 17.8 Å². The van der Waals surface area contributed by atoms with E-state index in [0.29, 0.717) is 42.4 Å². The maximum Gasteiger partial charge on any atom is 0.332 e. The van der Waals surface area contributed by atoms with Crippen LogP contribution in [0.3, 0.4) is 0 Å². The summed E-state index contributed by atoms with van der Waals surface area (Å²) in [6, 6.07) is 8.75. The van der Waals surface area contributed by atoms with Crippen LogP contribution in [0.1, 0.15) is 50.3 Å². The van der Waals surface area contributed by atoms with Crippen LogP contribution in [0, 0.1) is 12.8 Å². The van der Waals surface area contributed by atoms with Crippen molar-refractivity contribution in [3.05, 3.63) is 68.6 Å². The van der Waals surface area contributed by atoms with Gasteiger partial charge in [0.15, 0.2) is 5.65 Å². The zero-order valence-electron chi connectivity index (χ0n) is 20.6. The Balaban J connectivity index is 1.59. The molecule has 35 heavy (non-hydrogen) atoms. The van der Waals surface area contributed by atoms with E-state index in [1.165, 1.54) is 15.7 Å². The molecule has 0 aliphatic carbocycles. The van der Waals surface area contributed by atoms with Gasteiger partial charge in [-0.05, 0) is 44.2 Å². The number of nitrogens with zero attached hydrogens (tertiary/aromatic N) is 5. The third kappa shape index (κ3) is 4.25. The first kappa shape index (κ1) is 23.3. The maximum atomic E-state index is 13.1. The predicted molar refractivity (Wildman–Crippen MR) is 137 cm³/mol. The summed E-state index contributed by atoms with van der Waals surface area (Å²) >= 11 is 0. The minimum Gasteiger partial charge on any atom is -0.332 e. The summed E-state index contributed by atoms with van der Waals surface area (Å²) in [4.78, 5) is 34.0. The van der Waals surface area contributed by atoms with Crippen molar-refractivity contribution in [2.75, 3.05) is 13.1 Å². The average molecular weight is 476 g/mol. The molecule has 0 saturated carbocycles. The molecule has 0 amide bonds. The third-order valence-electron chi connectivity index (χ3n) is 6.88. The van der Waals surface area contributed by atoms with Gasteiger partial charge >= 0.3 is 5.69 Å². The number of nitrogens with one attached hydrogen (secondary N) is 2. The molecule has 1 saturated heterocycles. The summed E-state index contributed by atoms with van der Waals surface area (Å²) in [5.74, 6) is 0.978. The minimum absolute atomic E-state index is 0.101. The topological polar surface area (TPSA) is 103 Å². The van der Waals surface area contributed by atoms with Crippen LogP contribution in [0.15, 0.2) is 46.2 Å². The molecule has 2 N–H and O–H groups in total. The monoisotopic (exact) mass is 475 g/mol. The molecule has 1 aliphatic heterocycles. The number of H-pyrrole nitrogens is 1. The van der Waals surface area contributed by atoms with Crippen molar-refractivity contribution >= 4 is 11.2 Å². The van der Waals surface area contributed by atoms with E-state index in [0.717, 1.165) is 31.5 Å². The van der Waals surface area contributed by atoms with Crippen LogP contribution in [0.2, 0.25) is 0 Å². The lowest BCUT2D eigenvalue weighted by molar-refractivity contribution is 0.376. The fourth-order valence-electron chi connectivity index (χ4n) is 5.11. The molecule has 184 valence electrons. The smallest absolute Gasteiger partial charge is 0.332 e. The average Bonchev–Trinajstić information content (AvgIpc) is 3.62. The van der Waals surface area contributed by atoms with Crippen molar-refractivity contribution in [2.45, 2.75) is 59.2 Å². The van der Waals surface area contributed by atoms with Crippen LogP contribution in [0.25, 0.3) is 22.6 Å². The molecular formula is C26H33N7O2. The molecule has 1 aromatic carbocycles. The molecule has 2 unspecified atom stereocenters. The van der Waals surface area contributed by atoms with Crippen LogP contribution in [-0.2, 0) is 13.1 Å². The molecule has 0 radical (unpaired) electrons. The summed E-state index contributed by atoms with van der Waals surface area (Å²) in [5, 5.41) is 8.21. The maximum absolute atomic E-state index is 13.1. The lowest BCUT2D eigenvalue weighted by Crippen LogP contribution is -2.40. The second kappa shape index (κ2) is 9.65. The van der Waals surface area contributed by atoms with Crippen molar-refractivity contribution in [3.63, 3.8) is 0 Å². The first-order valence-corrected chi connectivity index (χ1v) is 12.6. The van der Waals surface area contributed by atoms with Gasteiger partial charge in [0.25, 0.3) is 5.56 Å². The molecule has 5 rings (SSSR count). The zero-order valence-corrected chi connectivity index (χ0v) is 20.6. The van der Waals surface area contributed by atoms with Crippen LogP contribution >= 0.6 is 0 Å². The first-order valence-electron chi connectivity index (χ1n) is 12.6. The van der Waals surface area contributed by atoms with Crippen molar-refractivity contribution < 1.29 is 0 Å². The van der Waals surface area contributed by atoms with Gasteiger partial charge in [0, 0.05) is 25.8 Å². The summed E-state index contributed by atoms with van der Waals surface area (Å²) in [6.07, 6.45) is 6.34. The largest absolute Gasteiger partial charge is 0.332 e. The Bertz CT molecular complexity index is 1440. The lowest BCUT2D eigenvalue weighted by Gasteiger charge is -2.24. The zero-order chi connectivity index (χ0) is 24.5. The molecule has 0 spiro atoms. The number of aromatic amines is 1. The number of hydrogen-bond acceptors (Lipinski definition) is 5. The first-order chi connectivity index (χ1) is 17.0. The SMILES string of the molecule is CCCn1c(=O)c2[nH]c(-c3cnn(C(c4ccc(C)cc4)C4CCNC4)c3)nc2n(CCC)c1=O. The summed E-state index contributed by atoms with van der Waals surface area (Å²) < 4.78 is 4.93. The number of rotatable bonds is 8. The molecule has 9 heteroatoms. The van der Waals surface area contributed by atoms with Crippen molar-refractivity contribution in [2.24, 2.45) is 5.92 Å². The predicted octanol–water partition coefficient (Wildman–Crippen LogP) is 3.08. The molecule has 3 aromatic heterocycles. The molecule has 2 atom stereocenters. The second-order valence-electron chi connectivity index (χ2n) is 9.49. The number of imidazole rings is 1. The van der Waals surface area contributed by atoms with Crippen LogP contribution in [0.4, 0.5) is 0 Å². The molecule has 1 fully saturated rings. The van der Waals surface area contributed by atoms with Crippen molar-refractivity contribution in [1.82, 2.24) is 34.2 Å². The quantitative estimate of drug-likeness (QED) is 0.408. The molecule has 4 heterocycles. The standard InChI is InChI=1S/C26H33N7O2/c1-4-12-31-24-21(25(34)32(13-5-2)26(31)35)29-23(30-24)20-15-28-33(16-20)22(19-10-11-27-14-19)18-8-6-17(3)7-9-18/h6-9,15-16,19,22,27H,4-5,10-14H2,1-3H3,(H,29,30). The van der Waals surface area contributed by atoms with Crippen LogP contribution in [0.5, 0.6) is 0 Å². The number of fused-ring (bicyclic) bond motifs is 1. The lowest BCUT2D eigenvalue weighted by atomic mass is 9.92. The Morgan fingerprint density at radius 2 is 1.83 bits per heavy atom. The highest BCUT2D eigenvalue weighted by Crippen LogP contribution is 2.32. The van der Waals surface area contributed by atoms with Crippen molar-refractivity contribution in [1.29, 1.82) is 0 Å². The van der Waals surface area contributed by atoms with Gasteiger partial charge in [-0.1, -0.05) is 43.7 Å². The van der Waals surface area contributed by atoms with E-state index in [4.69, 9.17) is 10.1 Å². The van der Waals surface area contributed by atoms with Gasteiger partial charge in [-0.3, -0.25) is 18.6 Å². The highest BCUT2D eigenvalue weighted by atomic mass is 16.2. The van der Waals surface area contributed by atoms with Gasteiger partial charge in [0.2, 0.25) is 0 Å². The molecule has 9 nitrogen and oxygen atoms in total. The van der Waals surface area contributed by atoms with E-state index < -0.39 is 0 Å². The number of aryl methyl sites for hydroxylation is 2. The van der Waals surface area contributed by atoms with Gasteiger partial charge in [-0.15, -0.1) is 0 Å².